The van der Waals surface area contributed by atoms with E-state index in [1.54, 1.807) is 0 Å². The molecule has 2 bridgehead atoms. The average molecular weight is 445 g/mol. The Hall–Kier alpha value is -0.800. The number of carbonyl (C=O) groups excluding carboxylic acids is 1. The van der Waals surface area contributed by atoms with Crippen LogP contribution in [-0.4, -0.2) is 22.7 Å². The van der Waals surface area contributed by atoms with Gasteiger partial charge in [-0.2, -0.15) is 11.8 Å². The first-order chi connectivity index (χ1) is 14.9. The highest BCUT2D eigenvalue weighted by Gasteiger charge is 2.63. The molecule has 0 amide bonds. The number of rotatable bonds is 14. The highest BCUT2D eigenvalue weighted by molar-refractivity contribution is 7.99. The molecule has 1 aromatic rings. The summed E-state index contributed by atoms with van der Waals surface area (Å²) in [5.41, 5.74) is 1.26. The molecule has 1 N–H and O–H groups in total. The summed E-state index contributed by atoms with van der Waals surface area (Å²) in [6, 6.07) is 10.6. The van der Waals surface area contributed by atoms with Crippen molar-refractivity contribution in [1.82, 2.24) is 0 Å². The van der Waals surface area contributed by atoms with Gasteiger partial charge in [-0.3, -0.25) is 4.79 Å². The summed E-state index contributed by atoms with van der Waals surface area (Å²) >= 11 is 1.93. The molecule has 4 atom stereocenters. The van der Waals surface area contributed by atoms with Gasteiger partial charge in [0.15, 0.2) is 0 Å². The molecule has 0 heterocycles. The van der Waals surface area contributed by atoms with Crippen LogP contribution in [0.1, 0.15) is 109 Å². The van der Waals surface area contributed by atoms with E-state index in [1.165, 1.54) is 50.5 Å². The Bertz CT molecular complexity index is 686. The average Bonchev–Trinajstić information content (AvgIpc) is 3.11. The number of hydrogen-bond donors (Lipinski definition) is 1. The summed E-state index contributed by atoms with van der Waals surface area (Å²) in [7, 11) is 0. The lowest BCUT2D eigenvalue weighted by Gasteiger charge is -2.37. The Labute approximate surface area is 195 Å². The van der Waals surface area contributed by atoms with Crippen molar-refractivity contribution in [3.63, 3.8) is 0 Å². The van der Waals surface area contributed by atoms with Crippen molar-refractivity contribution in [2.75, 3.05) is 5.75 Å². The van der Waals surface area contributed by atoms with Gasteiger partial charge in [-0.05, 0) is 42.6 Å². The highest BCUT2D eigenvalue weighted by atomic mass is 32.2. The van der Waals surface area contributed by atoms with E-state index >= 15 is 0 Å². The standard InChI is InChI=1S/C28H44O2S/c1-4-5-6-7-8-9-13-16-24(29)20-25(22-14-11-10-12-15-22)31-21-28-18-17-23(19-26(28)30)27(28,2)3/h10-12,14-15,23-25,29H,4-9,13,16-21H2,1-3H3/t23-,24+,25-,28-/m1/s1. The number of benzene rings is 1. The summed E-state index contributed by atoms with van der Waals surface area (Å²) in [6.07, 6.45) is 13.4. The molecule has 31 heavy (non-hydrogen) atoms. The molecule has 2 aliphatic rings. The summed E-state index contributed by atoms with van der Waals surface area (Å²) in [5.74, 6) is 1.97. The second-order valence-electron chi connectivity index (χ2n) is 10.7. The number of carbonyl (C=O) groups is 1. The van der Waals surface area contributed by atoms with Gasteiger partial charge in [-0.15, -0.1) is 0 Å². The quantitative estimate of drug-likeness (QED) is 0.298. The van der Waals surface area contributed by atoms with Crippen LogP contribution in [0.3, 0.4) is 0 Å². The van der Waals surface area contributed by atoms with Crippen LogP contribution in [-0.2, 0) is 4.79 Å². The van der Waals surface area contributed by atoms with Gasteiger partial charge in [0, 0.05) is 22.8 Å². The second kappa shape index (κ2) is 11.4. The van der Waals surface area contributed by atoms with E-state index in [2.05, 4.69) is 51.1 Å². The van der Waals surface area contributed by atoms with Crippen LogP contribution in [0.15, 0.2) is 30.3 Å². The molecule has 2 nitrogen and oxygen atoms in total. The SMILES string of the molecule is CCCCCCCCC[C@H](O)C[C@@H](SC[C@]12CC[C@H](CC1=O)C2(C)C)c1ccccc1. The maximum Gasteiger partial charge on any atom is 0.140 e. The maximum atomic E-state index is 13.0. The van der Waals surface area contributed by atoms with E-state index in [4.69, 9.17) is 0 Å². The smallest absolute Gasteiger partial charge is 0.140 e. The Balaban J connectivity index is 1.54. The lowest BCUT2D eigenvalue weighted by Crippen LogP contribution is -2.38. The minimum Gasteiger partial charge on any atom is -0.393 e. The van der Waals surface area contributed by atoms with Crippen molar-refractivity contribution >= 4 is 17.5 Å². The van der Waals surface area contributed by atoms with Crippen LogP contribution in [0.25, 0.3) is 0 Å². The van der Waals surface area contributed by atoms with Gasteiger partial charge < -0.3 is 5.11 Å². The van der Waals surface area contributed by atoms with Crippen LogP contribution in [0, 0.1) is 16.7 Å². The first-order valence-electron chi connectivity index (χ1n) is 12.8. The van der Waals surface area contributed by atoms with Crippen LogP contribution < -0.4 is 0 Å². The van der Waals surface area contributed by atoms with E-state index in [1.807, 2.05) is 11.8 Å². The monoisotopic (exact) mass is 444 g/mol. The fourth-order valence-corrected chi connectivity index (χ4v) is 7.89. The van der Waals surface area contributed by atoms with Gasteiger partial charge in [-0.25, -0.2) is 0 Å². The van der Waals surface area contributed by atoms with Crippen LogP contribution in [0.4, 0.5) is 0 Å². The number of aliphatic hydroxyl groups is 1. The van der Waals surface area contributed by atoms with Crippen molar-refractivity contribution in [3.8, 4) is 0 Å². The first-order valence-corrected chi connectivity index (χ1v) is 13.8. The molecule has 1 aromatic carbocycles. The molecule has 2 saturated carbocycles. The number of Topliss-reactive ketones (excluding diaryl/α,β-unsaturated/α-hetero) is 1. The largest absolute Gasteiger partial charge is 0.393 e. The Morgan fingerprint density at radius 3 is 2.35 bits per heavy atom. The van der Waals surface area contributed by atoms with E-state index in [9.17, 15) is 9.90 Å². The fourth-order valence-electron chi connectivity index (χ4n) is 6.02. The molecule has 3 rings (SSSR count). The van der Waals surface area contributed by atoms with Crippen LogP contribution in [0.5, 0.6) is 0 Å². The van der Waals surface area contributed by atoms with Gasteiger partial charge in [0.2, 0.25) is 0 Å². The van der Waals surface area contributed by atoms with Gasteiger partial charge >= 0.3 is 0 Å². The number of aliphatic hydroxyl groups excluding tert-OH is 1. The van der Waals surface area contributed by atoms with E-state index < -0.39 is 0 Å². The van der Waals surface area contributed by atoms with Crippen LogP contribution >= 0.6 is 11.8 Å². The molecule has 0 spiro atoms. The van der Waals surface area contributed by atoms with Gasteiger partial charge in [0.1, 0.15) is 5.78 Å². The molecule has 2 fully saturated rings. The Morgan fingerprint density at radius 2 is 1.74 bits per heavy atom. The zero-order valence-corrected chi connectivity index (χ0v) is 20.9. The van der Waals surface area contributed by atoms with Crippen molar-refractivity contribution in [2.45, 2.75) is 109 Å². The molecular weight excluding hydrogens is 400 g/mol. The normalized spacial score (nSPS) is 26.3. The second-order valence-corrected chi connectivity index (χ2v) is 11.9. The van der Waals surface area contributed by atoms with Crippen molar-refractivity contribution < 1.29 is 9.90 Å². The summed E-state index contributed by atoms with van der Waals surface area (Å²) in [6.45, 7) is 6.90. The fraction of sp³-hybridized carbons (Fsp3) is 0.750. The van der Waals surface area contributed by atoms with Crippen molar-refractivity contribution in [1.29, 1.82) is 0 Å². The van der Waals surface area contributed by atoms with Crippen molar-refractivity contribution in [3.05, 3.63) is 35.9 Å². The lowest BCUT2D eigenvalue weighted by molar-refractivity contribution is -0.127. The number of unbranched alkanes of at least 4 members (excludes halogenated alkanes) is 6. The molecule has 0 unspecified atom stereocenters. The minimum absolute atomic E-state index is 0.120. The highest BCUT2D eigenvalue weighted by Crippen LogP contribution is 2.65. The zero-order chi connectivity index (χ0) is 22.3. The molecule has 174 valence electrons. The predicted molar refractivity (Wildman–Crippen MR) is 133 cm³/mol. The Morgan fingerprint density at radius 1 is 1.06 bits per heavy atom. The number of hydrogen-bond acceptors (Lipinski definition) is 3. The molecule has 0 saturated heterocycles. The summed E-state index contributed by atoms with van der Waals surface area (Å²) in [4.78, 5) is 13.0. The number of thioether (sulfide) groups is 1. The predicted octanol–water partition coefficient (Wildman–Crippen LogP) is 7.75. The van der Waals surface area contributed by atoms with Gasteiger partial charge in [0.25, 0.3) is 0 Å². The first kappa shape index (κ1) is 24.8. The third kappa shape index (κ3) is 5.77. The molecular formula is C28H44O2S. The third-order valence-electron chi connectivity index (χ3n) is 8.47. The minimum atomic E-state index is -0.255. The van der Waals surface area contributed by atoms with E-state index in [0.29, 0.717) is 11.7 Å². The summed E-state index contributed by atoms with van der Waals surface area (Å²) in [5, 5.41) is 11.1. The molecule has 3 heteroatoms. The third-order valence-corrected chi connectivity index (χ3v) is 9.99. The maximum absolute atomic E-state index is 13.0. The zero-order valence-electron chi connectivity index (χ0n) is 20.1. The number of fused-ring (bicyclic) bond motifs is 2. The van der Waals surface area contributed by atoms with Gasteiger partial charge in [0.05, 0.1) is 6.10 Å². The number of ketones is 1. The molecule has 0 aromatic heterocycles. The lowest BCUT2D eigenvalue weighted by atomic mass is 9.70. The molecule has 0 radical (unpaired) electrons. The van der Waals surface area contributed by atoms with Crippen LogP contribution in [0.2, 0.25) is 0 Å². The molecule has 0 aliphatic heterocycles. The topological polar surface area (TPSA) is 37.3 Å². The summed E-state index contributed by atoms with van der Waals surface area (Å²) < 4.78 is 0. The molecule has 2 aliphatic carbocycles. The van der Waals surface area contributed by atoms with E-state index in [-0.39, 0.29) is 22.2 Å². The van der Waals surface area contributed by atoms with Gasteiger partial charge in [-0.1, -0.05) is 96.0 Å². The Kier molecular flexibility index (Phi) is 9.11. The van der Waals surface area contributed by atoms with Crippen molar-refractivity contribution in [2.24, 2.45) is 16.7 Å². The van der Waals surface area contributed by atoms with E-state index in [0.717, 1.165) is 37.9 Å².